The van der Waals surface area contributed by atoms with Crippen molar-refractivity contribution in [2.75, 3.05) is 0 Å². The molecule has 0 bridgehead atoms. The fourth-order valence-electron chi connectivity index (χ4n) is 2.09. The number of pyridine rings is 1. The molecule has 3 rings (SSSR count). The highest BCUT2D eigenvalue weighted by Gasteiger charge is 2.04. The molecule has 0 saturated heterocycles. The highest BCUT2D eigenvalue weighted by molar-refractivity contribution is 6.08. The van der Waals surface area contributed by atoms with Gasteiger partial charge >= 0.3 is 0 Å². The zero-order valence-electron chi connectivity index (χ0n) is 8.85. The van der Waals surface area contributed by atoms with E-state index in [1.807, 2.05) is 30.3 Å². The predicted molar refractivity (Wildman–Crippen MR) is 69.3 cm³/mol. The van der Waals surface area contributed by atoms with Crippen molar-refractivity contribution in [3.63, 3.8) is 0 Å². The molecular formula is C15H11N. The van der Waals surface area contributed by atoms with Crippen molar-refractivity contribution in [3.8, 4) is 0 Å². The van der Waals surface area contributed by atoms with Gasteiger partial charge in [0.05, 0.1) is 11.2 Å². The predicted octanol–water partition coefficient (Wildman–Crippen LogP) is 4.03. The fourth-order valence-corrected chi connectivity index (χ4v) is 2.09. The quantitative estimate of drug-likeness (QED) is 0.546. The molecule has 1 heterocycles. The summed E-state index contributed by atoms with van der Waals surface area (Å²) >= 11 is 0. The van der Waals surface area contributed by atoms with Gasteiger partial charge in [-0.2, -0.15) is 0 Å². The summed E-state index contributed by atoms with van der Waals surface area (Å²) in [6.45, 7) is 3.83. The van der Waals surface area contributed by atoms with E-state index >= 15 is 0 Å². The van der Waals surface area contributed by atoms with Gasteiger partial charge in [0.15, 0.2) is 0 Å². The molecule has 0 amide bonds. The average molecular weight is 205 g/mol. The van der Waals surface area contributed by atoms with E-state index in [0.29, 0.717) is 0 Å². The lowest BCUT2D eigenvalue weighted by Crippen LogP contribution is -1.87. The van der Waals surface area contributed by atoms with Crippen molar-refractivity contribution in [3.05, 3.63) is 60.8 Å². The molecule has 0 aliphatic heterocycles. The van der Waals surface area contributed by atoms with Crippen LogP contribution in [-0.4, -0.2) is 4.98 Å². The number of benzene rings is 2. The maximum absolute atomic E-state index is 4.60. The van der Waals surface area contributed by atoms with Crippen LogP contribution in [0.5, 0.6) is 0 Å². The van der Waals surface area contributed by atoms with Crippen LogP contribution in [0.3, 0.4) is 0 Å². The van der Waals surface area contributed by atoms with Crippen LogP contribution in [0.1, 0.15) is 5.69 Å². The van der Waals surface area contributed by atoms with Crippen molar-refractivity contribution in [2.45, 2.75) is 0 Å². The number of fused-ring (bicyclic) bond motifs is 3. The molecule has 1 aromatic heterocycles. The molecule has 1 heteroatoms. The third-order valence-electron chi connectivity index (χ3n) is 2.83. The second-order valence-electron chi connectivity index (χ2n) is 3.76. The Kier molecular flexibility index (Phi) is 1.97. The van der Waals surface area contributed by atoms with E-state index in [2.05, 4.69) is 35.8 Å². The van der Waals surface area contributed by atoms with Gasteiger partial charge < -0.3 is 0 Å². The zero-order chi connectivity index (χ0) is 11.0. The summed E-state index contributed by atoms with van der Waals surface area (Å²) in [7, 11) is 0. The third-order valence-corrected chi connectivity index (χ3v) is 2.83. The highest BCUT2D eigenvalue weighted by Crippen LogP contribution is 2.26. The van der Waals surface area contributed by atoms with E-state index in [-0.39, 0.29) is 0 Å². The lowest BCUT2D eigenvalue weighted by atomic mass is 10.0. The van der Waals surface area contributed by atoms with Crippen LogP contribution in [0.15, 0.2) is 55.1 Å². The van der Waals surface area contributed by atoms with Gasteiger partial charge in [0.2, 0.25) is 0 Å². The van der Waals surface area contributed by atoms with E-state index in [9.17, 15) is 0 Å². The number of rotatable bonds is 1. The monoisotopic (exact) mass is 205 g/mol. The highest BCUT2D eigenvalue weighted by atomic mass is 14.7. The van der Waals surface area contributed by atoms with Crippen LogP contribution in [0.2, 0.25) is 0 Å². The second kappa shape index (κ2) is 3.46. The molecule has 0 unspecified atom stereocenters. The van der Waals surface area contributed by atoms with E-state index in [4.69, 9.17) is 0 Å². The SMILES string of the molecule is C=Cc1nc2ccccc2c2ccccc12. The van der Waals surface area contributed by atoms with E-state index in [1.165, 1.54) is 10.8 Å². The molecule has 0 aliphatic rings. The first-order valence-electron chi connectivity index (χ1n) is 5.30. The van der Waals surface area contributed by atoms with E-state index in [1.54, 1.807) is 0 Å². The summed E-state index contributed by atoms with van der Waals surface area (Å²) in [5.41, 5.74) is 1.98. The molecule has 1 nitrogen and oxygen atoms in total. The number of para-hydroxylation sites is 1. The molecule has 0 saturated carbocycles. The average Bonchev–Trinajstić information content (AvgIpc) is 2.38. The van der Waals surface area contributed by atoms with Gasteiger partial charge in [0, 0.05) is 10.8 Å². The standard InChI is InChI=1S/C15H11N/c1-2-14-12-8-4-3-7-11(12)13-9-5-6-10-15(13)16-14/h2-10H,1H2. The molecule has 76 valence electrons. The Morgan fingerprint density at radius 2 is 1.44 bits per heavy atom. The number of nitrogens with zero attached hydrogens (tertiary/aromatic N) is 1. The van der Waals surface area contributed by atoms with Gasteiger partial charge in [-0.1, -0.05) is 49.0 Å². The smallest absolute Gasteiger partial charge is 0.0715 e. The van der Waals surface area contributed by atoms with E-state index < -0.39 is 0 Å². The van der Waals surface area contributed by atoms with Crippen LogP contribution < -0.4 is 0 Å². The fraction of sp³-hybridized carbons (Fsp3) is 0. The van der Waals surface area contributed by atoms with Crippen LogP contribution in [-0.2, 0) is 0 Å². The Bertz CT molecular complexity index is 683. The summed E-state index contributed by atoms with van der Waals surface area (Å²) in [6.07, 6.45) is 1.81. The molecule has 0 N–H and O–H groups in total. The van der Waals surface area contributed by atoms with Gasteiger partial charge in [-0.25, -0.2) is 4.98 Å². The van der Waals surface area contributed by atoms with Crippen molar-refractivity contribution in [2.24, 2.45) is 0 Å². The number of aromatic nitrogens is 1. The second-order valence-corrected chi connectivity index (χ2v) is 3.76. The first-order chi connectivity index (χ1) is 7.90. The lowest BCUT2D eigenvalue weighted by Gasteiger charge is -2.06. The summed E-state index contributed by atoms with van der Waals surface area (Å²) in [5, 5.41) is 3.60. The maximum Gasteiger partial charge on any atom is 0.0715 e. The third kappa shape index (κ3) is 1.22. The minimum atomic E-state index is 0.953. The van der Waals surface area contributed by atoms with Gasteiger partial charge in [0.1, 0.15) is 0 Å². The molecule has 0 atom stereocenters. The summed E-state index contributed by atoms with van der Waals surface area (Å²) in [6, 6.07) is 16.5. The summed E-state index contributed by atoms with van der Waals surface area (Å²) in [4.78, 5) is 4.60. The summed E-state index contributed by atoms with van der Waals surface area (Å²) < 4.78 is 0. The van der Waals surface area contributed by atoms with Crippen LogP contribution in [0.25, 0.3) is 27.8 Å². The molecule has 0 fully saturated rings. The molecule has 0 spiro atoms. The molecule has 16 heavy (non-hydrogen) atoms. The van der Waals surface area contributed by atoms with Crippen molar-refractivity contribution in [1.82, 2.24) is 4.98 Å². The van der Waals surface area contributed by atoms with Gasteiger partial charge in [0.25, 0.3) is 0 Å². The zero-order valence-corrected chi connectivity index (χ0v) is 8.85. The normalized spacial score (nSPS) is 10.8. The molecule has 0 radical (unpaired) electrons. The number of hydrogen-bond donors (Lipinski definition) is 0. The van der Waals surface area contributed by atoms with Gasteiger partial charge in [-0.3, -0.25) is 0 Å². The van der Waals surface area contributed by atoms with Crippen molar-refractivity contribution >= 4 is 27.8 Å². The summed E-state index contributed by atoms with van der Waals surface area (Å²) in [5.74, 6) is 0. The molecular weight excluding hydrogens is 194 g/mol. The minimum absolute atomic E-state index is 0.953. The van der Waals surface area contributed by atoms with Crippen LogP contribution in [0.4, 0.5) is 0 Å². The molecule has 0 aliphatic carbocycles. The van der Waals surface area contributed by atoms with Gasteiger partial charge in [-0.15, -0.1) is 0 Å². The first-order valence-corrected chi connectivity index (χ1v) is 5.30. The Hall–Kier alpha value is -2.15. The Morgan fingerprint density at radius 3 is 2.19 bits per heavy atom. The van der Waals surface area contributed by atoms with E-state index in [0.717, 1.165) is 16.6 Å². The Balaban J connectivity index is 2.62. The van der Waals surface area contributed by atoms with Crippen molar-refractivity contribution in [1.29, 1.82) is 0 Å². The van der Waals surface area contributed by atoms with Crippen LogP contribution in [0, 0.1) is 0 Å². The topological polar surface area (TPSA) is 12.9 Å². The van der Waals surface area contributed by atoms with Gasteiger partial charge in [-0.05, 0) is 17.5 Å². The maximum atomic E-state index is 4.60. The lowest BCUT2D eigenvalue weighted by molar-refractivity contribution is 1.41. The Labute approximate surface area is 94.1 Å². The molecule has 3 aromatic rings. The first kappa shape index (κ1) is 9.10. The Morgan fingerprint density at radius 1 is 0.812 bits per heavy atom. The minimum Gasteiger partial charge on any atom is -0.248 e. The van der Waals surface area contributed by atoms with Crippen LogP contribution >= 0.6 is 0 Å². The largest absolute Gasteiger partial charge is 0.248 e. The molecule has 2 aromatic carbocycles. The van der Waals surface area contributed by atoms with Crippen molar-refractivity contribution < 1.29 is 0 Å². The number of hydrogen-bond acceptors (Lipinski definition) is 1.